The highest BCUT2D eigenvalue weighted by molar-refractivity contribution is 8.00. The highest BCUT2D eigenvalue weighted by atomic mass is 32.2. The summed E-state index contributed by atoms with van der Waals surface area (Å²) in [5, 5.41) is 12.9. The molecule has 0 radical (unpaired) electrons. The number of nitrogens with one attached hydrogen (secondary N) is 3. The summed E-state index contributed by atoms with van der Waals surface area (Å²) < 4.78 is 16.4. The Hall–Kier alpha value is -6.11. The Balaban J connectivity index is 1.18. The van der Waals surface area contributed by atoms with E-state index in [4.69, 9.17) is 14.2 Å². The number of rotatable bonds is 14. The maximum absolute atomic E-state index is 13.9. The Morgan fingerprint density at radius 2 is 1.50 bits per heavy atom. The lowest BCUT2D eigenvalue weighted by atomic mass is 10.1. The van der Waals surface area contributed by atoms with Crippen LogP contribution >= 0.6 is 23.1 Å². The van der Waals surface area contributed by atoms with E-state index in [-0.39, 0.29) is 11.6 Å². The molecule has 0 aliphatic rings. The summed E-state index contributed by atoms with van der Waals surface area (Å²) in [5.74, 6) is 0.0388. The van der Waals surface area contributed by atoms with Gasteiger partial charge in [-0.2, -0.15) is 0 Å². The number of fused-ring (bicyclic) bond motifs is 1. The molecule has 3 amide bonds. The average molecular weight is 759 g/mol. The molecule has 0 aliphatic carbocycles. The molecule has 0 saturated carbocycles. The van der Waals surface area contributed by atoms with Crippen LogP contribution in [0.25, 0.3) is 28.1 Å². The quantitative estimate of drug-likeness (QED) is 0.0743. The van der Waals surface area contributed by atoms with Crippen molar-refractivity contribution < 1.29 is 28.6 Å². The number of hydrogen-bond acceptors (Lipinski definition) is 9. The van der Waals surface area contributed by atoms with E-state index in [0.717, 1.165) is 26.9 Å². The number of carbonyl (C=O) groups excluding carboxylic acids is 3. The molecule has 6 rings (SSSR count). The van der Waals surface area contributed by atoms with Gasteiger partial charge in [0.05, 0.1) is 32.3 Å². The van der Waals surface area contributed by atoms with Gasteiger partial charge in [0, 0.05) is 38.7 Å². The van der Waals surface area contributed by atoms with Crippen molar-refractivity contribution >= 4 is 68.5 Å². The highest BCUT2D eigenvalue weighted by Gasteiger charge is 2.21. The van der Waals surface area contributed by atoms with Gasteiger partial charge in [-0.1, -0.05) is 67.6 Å². The maximum Gasteiger partial charge on any atom is 0.272 e. The predicted octanol–water partition coefficient (Wildman–Crippen LogP) is 8.91. The topological polar surface area (TPSA) is 128 Å². The third-order valence-corrected chi connectivity index (χ3v) is 10.5. The summed E-state index contributed by atoms with van der Waals surface area (Å²) in [6.45, 7) is 1.94. The lowest BCUT2D eigenvalue weighted by molar-refractivity contribution is -0.116. The van der Waals surface area contributed by atoms with E-state index in [2.05, 4.69) is 45.2 Å². The monoisotopic (exact) mass is 758 g/mol. The minimum atomic E-state index is -0.575. The van der Waals surface area contributed by atoms with Gasteiger partial charge in [-0.3, -0.25) is 14.4 Å². The van der Waals surface area contributed by atoms with Crippen LogP contribution in [0.3, 0.4) is 0 Å². The van der Waals surface area contributed by atoms with Crippen molar-refractivity contribution in [2.24, 2.45) is 0 Å². The Morgan fingerprint density at radius 1 is 0.778 bits per heavy atom. The highest BCUT2D eigenvalue weighted by Crippen LogP contribution is 2.36. The number of benzene rings is 5. The van der Waals surface area contributed by atoms with Crippen LogP contribution in [-0.2, 0) is 9.59 Å². The third kappa shape index (κ3) is 9.08. The van der Waals surface area contributed by atoms with Crippen LogP contribution in [-0.4, -0.2) is 49.3 Å². The zero-order valence-electron chi connectivity index (χ0n) is 30.0. The number of hydrogen-bond donors (Lipinski definition) is 3. The van der Waals surface area contributed by atoms with Gasteiger partial charge in [0.1, 0.15) is 11.4 Å². The SMILES string of the molecule is CCC(Sc1cccc(NC(=O)/C(=C\c2cc(OC)c(OC)cc2OC)NC(=O)c2ccccc2)c1)C(=O)Nc1nc(-c2ccc3ccccc3c2)cs1. The van der Waals surface area contributed by atoms with E-state index in [0.29, 0.717) is 45.6 Å². The second kappa shape index (κ2) is 17.6. The van der Waals surface area contributed by atoms with Gasteiger partial charge in [-0.25, -0.2) is 4.98 Å². The standard InChI is InChI=1S/C42H38N4O6S2/c1-5-38(41(49)46-42-45-34(25-53-42)29-19-18-26-12-9-10-15-28(26)20-29)54-32-17-11-16-31(23-32)43-40(48)33(44-39(47)27-13-7-6-8-14-27)21-30-22-36(51-3)37(52-4)24-35(30)50-2/h6-25,38H,5H2,1-4H3,(H,43,48)(H,44,47)(H,45,46,49)/b33-21+. The number of nitrogens with zero attached hydrogens (tertiary/aromatic N) is 1. The summed E-state index contributed by atoms with van der Waals surface area (Å²) in [6.07, 6.45) is 2.07. The first-order valence-electron chi connectivity index (χ1n) is 17.0. The maximum atomic E-state index is 13.9. The van der Waals surface area contributed by atoms with Gasteiger partial charge in [0.15, 0.2) is 16.6 Å². The molecule has 1 aromatic heterocycles. The number of carbonyl (C=O) groups is 3. The molecule has 1 unspecified atom stereocenters. The van der Waals surface area contributed by atoms with Crippen molar-refractivity contribution in [3.8, 4) is 28.5 Å². The molecule has 0 aliphatic heterocycles. The Bertz CT molecular complexity index is 2330. The van der Waals surface area contributed by atoms with Crippen LogP contribution in [0.1, 0.15) is 29.3 Å². The lowest BCUT2D eigenvalue weighted by Crippen LogP contribution is -2.30. The molecular weight excluding hydrogens is 721 g/mol. The summed E-state index contributed by atoms with van der Waals surface area (Å²) in [7, 11) is 4.51. The zero-order chi connectivity index (χ0) is 38.0. The molecule has 274 valence electrons. The van der Waals surface area contributed by atoms with Gasteiger partial charge in [-0.15, -0.1) is 23.1 Å². The smallest absolute Gasteiger partial charge is 0.272 e. The van der Waals surface area contributed by atoms with E-state index < -0.39 is 17.1 Å². The van der Waals surface area contributed by atoms with Crippen molar-refractivity contribution in [1.82, 2.24) is 10.3 Å². The molecular formula is C42H38N4O6S2. The molecule has 1 atom stereocenters. The molecule has 10 nitrogen and oxygen atoms in total. The second-order valence-corrected chi connectivity index (χ2v) is 14.0. The van der Waals surface area contributed by atoms with Crippen LogP contribution in [0.15, 0.2) is 125 Å². The van der Waals surface area contributed by atoms with E-state index in [1.165, 1.54) is 50.5 Å². The normalized spacial score (nSPS) is 11.7. The van der Waals surface area contributed by atoms with Crippen molar-refractivity contribution in [3.05, 3.63) is 131 Å². The first-order chi connectivity index (χ1) is 26.3. The molecule has 0 spiro atoms. The number of ether oxygens (including phenoxy) is 3. The fourth-order valence-corrected chi connectivity index (χ4v) is 7.33. The first-order valence-corrected chi connectivity index (χ1v) is 18.8. The Morgan fingerprint density at radius 3 is 2.24 bits per heavy atom. The molecule has 6 aromatic rings. The van der Waals surface area contributed by atoms with Gasteiger partial charge < -0.3 is 30.2 Å². The average Bonchev–Trinajstić information content (AvgIpc) is 3.67. The van der Waals surface area contributed by atoms with Gasteiger partial charge in [-0.05, 0) is 65.7 Å². The number of anilines is 2. The van der Waals surface area contributed by atoms with Crippen LogP contribution in [0.5, 0.6) is 17.2 Å². The molecule has 0 bridgehead atoms. The van der Waals surface area contributed by atoms with Crippen LogP contribution < -0.4 is 30.2 Å². The fraction of sp³-hybridized carbons (Fsp3) is 0.143. The first kappa shape index (κ1) is 37.6. The molecule has 3 N–H and O–H groups in total. The van der Waals surface area contributed by atoms with Crippen LogP contribution in [0.4, 0.5) is 10.8 Å². The number of thioether (sulfide) groups is 1. The van der Waals surface area contributed by atoms with E-state index in [9.17, 15) is 14.4 Å². The molecule has 1 heterocycles. The van der Waals surface area contributed by atoms with Crippen LogP contribution in [0.2, 0.25) is 0 Å². The number of amides is 3. The van der Waals surface area contributed by atoms with E-state index in [1.807, 2.05) is 36.6 Å². The molecule has 0 saturated heterocycles. The summed E-state index contributed by atoms with van der Waals surface area (Å²) in [4.78, 5) is 46.0. The van der Waals surface area contributed by atoms with Crippen molar-refractivity contribution in [2.75, 3.05) is 32.0 Å². The third-order valence-electron chi connectivity index (χ3n) is 8.38. The summed E-state index contributed by atoms with van der Waals surface area (Å²) >= 11 is 2.76. The number of thiazole rings is 1. The fourth-order valence-electron chi connectivity index (χ4n) is 5.59. The predicted molar refractivity (Wildman–Crippen MR) is 217 cm³/mol. The summed E-state index contributed by atoms with van der Waals surface area (Å²) in [5.41, 5.74) is 3.05. The molecule has 12 heteroatoms. The number of methoxy groups -OCH3 is 3. The van der Waals surface area contributed by atoms with E-state index in [1.54, 1.807) is 60.7 Å². The second-order valence-electron chi connectivity index (χ2n) is 11.9. The molecule has 0 fully saturated rings. The minimum Gasteiger partial charge on any atom is -0.496 e. The number of aromatic nitrogens is 1. The Kier molecular flexibility index (Phi) is 12.3. The van der Waals surface area contributed by atoms with Crippen molar-refractivity contribution in [2.45, 2.75) is 23.5 Å². The van der Waals surface area contributed by atoms with Gasteiger partial charge in [0.2, 0.25) is 5.91 Å². The molecule has 5 aromatic carbocycles. The van der Waals surface area contributed by atoms with Gasteiger partial charge in [0.25, 0.3) is 11.8 Å². The van der Waals surface area contributed by atoms with Gasteiger partial charge >= 0.3 is 0 Å². The van der Waals surface area contributed by atoms with Crippen molar-refractivity contribution in [3.63, 3.8) is 0 Å². The largest absolute Gasteiger partial charge is 0.496 e. The summed E-state index contributed by atoms with van der Waals surface area (Å²) in [6, 6.07) is 33.4. The van der Waals surface area contributed by atoms with Crippen molar-refractivity contribution in [1.29, 1.82) is 0 Å². The van der Waals surface area contributed by atoms with Crippen LogP contribution in [0, 0.1) is 0 Å². The Labute approximate surface area is 321 Å². The minimum absolute atomic E-state index is 0.0373. The lowest BCUT2D eigenvalue weighted by Gasteiger charge is -2.16. The van der Waals surface area contributed by atoms with E-state index >= 15 is 0 Å². The molecule has 54 heavy (non-hydrogen) atoms. The zero-order valence-corrected chi connectivity index (χ0v) is 31.7.